The van der Waals surface area contributed by atoms with Gasteiger partial charge in [0.2, 0.25) is 0 Å². The van der Waals surface area contributed by atoms with Crippen molar-refractivity contribution in [1.82, 2.24) is 10.2 Å². The predicted molar refractivity (Wildman–Crippen MR) is 69.1 cm³/mol. The van der Waals surface area contributed by atoms with Crippen LogP contribution in [0, 0.1) is 0 Å². The van der Waals surface area contributed by atoms with Crippen molar-refractivity contribution in [2.24, 2.45) is 0 Å². The topological polar surface area (TPSA) is 41.6 Å². The number of ether oxygens (including phenoxy) is 1. The molecule has 1 heterocycles. The number of rotatable bonds is 1. The van der Waals surface area contributed by atoms with Gasteiger partial charge in [-0.25, -0.2) is 4.79 Å². The molecule has 2 aliphatic rings. The van der Waals surface area contributed by atoms with Crippen molar-refractivity contribution in [3.8, 4) is 0 Å². The summed E-state index contributed by atoms with van der Waals surface area (Å²) in [5, 5.41) is 3.22. The molecule has 1 aliphatic heterocycles. The minimum atomic E-state index is -0.108. The number of nitrogens with zero attached hydrogens (tertiary/aromatic N) is 1. The van der Waals surface area contributed by atoms with Crippen LogP contribution in [0.1, 0.15) is 32.1 Å². The Kier molecular flexibility index (Phi) is 6.70. The summed E-state index contributed by atoms with van der Waals surface area (Å²) >= 11 is 0. The largest absolute Gasteiger partial charge is 0.446 e. The zero-order valence-electron chi connectivity index (χ0n) is 10.6. The summed E-state index contributed by atoms with van der Waals surface area (Å²) in [6.45, 7) is 9.34. The minimum Gasteiger partial charge on any atom is -0.446 e. The van der Waals surface area contributed by atoms with Gasteiger partial charge in [0, 0.05) is 26.2 Å². The molecule has 0 atom stereocenters. The van der Waals surface area contributed by atoms with Crippen LogP contribution >= 0.6 is 0 Å². The van der Waals surface area contributed by atoms with Gasteiger partial charge in [-0.05, 0) is 25.7 Å². The first-order valence-electron chi connectivity index (χ1n) is 6.52. The fourth-order valence-corrected chi connectivity index (χ4v) is 2.25. The summed E-state index contributed by atoms with van der Waals surface area (Å²) < 4.78 is 5.49. The summed E-state index contributed by atoms with van der Waals surface area (Å²) in [5.41, 5.74) is 0. The zero-order valence-corrected chi connectivity index (χ0v) is 10.6. The van der Waals surface area contributed by atoms with Crippen LogP contribution < -0.4 is 5.32 Å². The van der Waals surface area contributed by atoms with E-state index in [9.17, 15) is 4.79 Å². The lowest BCUT2D eigenvalue weighted by Gasteiger charge is -2.29. The van der Waals surface area contributed by atoms with Crippen LogP contribution in [0.3, 0.4) is 0 Å². The third-order valence-corrected chi connectivity index (χ3v) is 3.19. The molecule has 2 rings (SSSR count). The smallest absolute Gasteiger partial charge is 0.410 e. The fraction of sp³-hybridized carbons (Fsp3) is 0.769. The molecular weight excluding hydrogens is 216 g/mol. The Labute approximate surface area is 104 Å². The Morgan fingerprint density at radius 1 is 1.12 bits per heavy atom. The van der Waals surface area contributed by atoms with E-state index in [1.165, 1.54) is 19.3 Å². The van der Waals surface area contributed by atoms with Crippen LogP contribution in [0.5, 0.6) is 0 Å². The minimum absolute atomic E-state index is 0.108. The molecule has 1 saturated carbocycles. The normalized spacial score (nSPS) is 21.3. The number of hydrogen-bond donors (Lipinski definition) is 1. The zero-order chi connectivity index (χ0) is 12.5. The van der Waals surface area contributed by atoms with Crippen molar-refractivity contribution in [3.63, 3.8) is 0 Å². The molecule has 1 saturated heterocycles. The monoisotopic (exact) mass is 240 g/mol. The molecule has 0 aromatic heterocycles. The number of hydrogen-bond acceptors (Lipinski definition) is 3. The van der Waals surface area contributed by atoms with E-state index >= 15 is 0 Å². The Hall–Kier alpha value is -1.03. The lowest BCUT2D eigenvalue weighted by molar-refractivity contribution is 0.0433. The molecule has 98 valence electrons. The van der Waals surface area contributed by atoms with E-state index in [2.05, 4.69) is 18.5 Å². The van der Waals surface area contributed by atoms with Gasteiger partial charge < -0.3 is 15.0 Å². The van der Waals surface area contributed by atoms with Crippen molar-refractivity contribution in [2.45, 2.75) is 38.2 Å². The Morgan fingerprint density at radius 3 is 2.29 bits per heavy atom. The number of carbonyl (C=O) groups excluding carboxylic acids is 1. The molecule has 0 aromatic rings. The highest BCUT2D eigenvalue weighted by molar-refractivity contribution is 5.68. The summed E-state index contributed by atoms with van der Waals surface area (Å²) in [7, 11) is 0. The molecule has 0 unspecified atom stereocenters. The average molecular weight is 240 g/mol. The molecular formula is C13H24N2O2. The summed E-state index contributed by atoms with van der Waals surface area (Å²) in [6.07, 6.45) is 5.89. The van der Waals surface area contributed by atoms with Gasteiger partial charge in [0.15, 0.2) is 0 Å². The van der Waals surface area contributed by atoms with Gasteiger partial charge in [0.1, 0.15) is 6.10 Å². The summed E-state index contributed by atoms with van der Waals surface area (Å²) in [6, 6.07) is 0. The van der Waals surface area contributed by atoms with E-state index in [-0.39, 0.29) is 12.2 Å². The maximum absolute atomic E-state index is 11.7. The molecule has 1 aliphatic carbocycles. The molecule has 17 heavy (non-hydrogen) atoms. The average Bonchev–Trinajstić information content (AvgIpc) is 2.43. The molecule has 0 aromatic carbocycles. The molecule has 1 N–H and O–H groups in total. The fourth-order valence-electron chi connectivity index (χ4n) is 2.25. The van der Waals surface area contributed by atoms with Gasteiger partial charge in [-0.3, -0.25) is 0 Å². The van der Waals surface area contributed by atoms with Crippen molar-refractivity contribution >= 4 is 6.09 Å². The molecule has 2 fully saturated rings. The van der Waals surface area contributed by atoms with Crippen molar-refractivity contribution < 1.29 is 9.53 Å². The second-order valence-electron chi connectivity index (χ2n) is 4.38. The van der Waals surface area contributed by atoms with Crippen LogP contribution in [0.4, 0.5) is 4.79 Å². The molecule has 4 heteroatoms. The number of amides is 1. The standard InChI is InChI=1S/C11H20N2O2.C2H4/c14-11(13-8-6-12-7-9-13)15-10-4-2-1-3-5-10;1-2/h10,12H,1-9H2;1-2H2. The van der Waals surface area contributed by atoms with E-state index in [4.69, 9.17) is 4.74 Å². The molecule has 0 spiro atoms. The van der Waals surface area contributed by atoms with E-state index < -0.39 is 0 Å². The SMILES string of the molecule is C=C.O=C(OC1CCCCC1)N1CCNCC1. The lowest BCUT2D eigenvalue weighted by Crippen LogP contribution is -2.47. The first kappa shape index (κ1) is 14.0. The molecule has 0 radical (unpaired) electrons. The summed E-state index contributed by atoms with van der Waals surface area (Å²) in [4.78, 5) is 13.6. The van der Waals surface area contributed by atoms with Crippen LogP contribution in [0.2, 0.25) is 0 Å². The van der Waals surface area contributed by atoms with E-state index in [1.807, 2.05) is 4.90 Å². The molecule has 1 amide bonds. The molecule has 0 bridgehead atoms. The van der Waals surface area contributed by atoms with Crippen LogP contribution in [0.15, 0.2) is 13.2 Å². The van der Waals surface area contributed by atoms with Gasteiger partial charge in [-0.15, -0.1) is 13.2 Å². The van der Waals surface area contributed by atoms with Crippen molar-refractivity contribution in [2.75, 3.05) is 26.2 Å². The van der Waals surface area contributed by atoms with E-state index in [0.717, 1.165) is 39.0 Å². The maximum Gasteiger partial charge on any atom is 0.410 e. The Balaban J connectivity index is 0.000000686. The Morgan fingerprint density at radius 2 is 1.71 bits per heavy atom. The van der Waals surface area contributed by atoms with E-state index in [0.29, 0.717) is 0 Å². The second-order valence-corrected chi connectivity index (χ2v) is 4.38. The highest BCUT2D eigenvalue weighted by atomic mass is 16.6. The second kappa shape index (κ2) is 8.12. The van der Waals surface area contributed by atoms with Gasteiger partial charge >= 0.3 is 6.09 Å². The van der Waals surface area contributed by atoms with Gasteiger partial charge in [-0.2, -0.15) is 0 Å². The van der Waals surface area contributed by atoms with Crippen molar-refractivity contribution in [3.05, 3.63) is 13.2 Å². The van der Waals surface area contributed by atoms with Gasteiger partial charge in [0.05, 0.1) is 0 Å². The number of carbonyl (C=O) groups is 1. The number of piperazine rings is 1. The predicted octanol–water partition coefficient (Wildman–Crippen LogP) is 2.16. The van der Waals surface area contributed by atoms with Gasteiger partial charge in [-0.1, -0.05) is 6.42 Å². The summed E-state index contributed by atoms with van der Waals surface area (Å²) in [5.74, 6) is 0. The van der Waals surface area contributed by atoms with Crippen LogP contribution in [-0.2, 0) is 4.74 Å². The maximum atomic E-state index is 11.7. The number of nitrogens with one attached hydrogen (secondary N) is 1. The van der Waals surface area contributed by atoms with E-state index in [1.54, 1.807) is 0 Å². The lowest BCUT2D eigenvalue weighted by atomic mass is 9.98. The highest BCUT2D eigenvalue weighted by Crippen LogP contribution is 2.20. The first-order valence-corrected chi connectivity index (χ1v) is 6.52. The first-order chi connectivity index (χ1) is 8.36. The van der Waals surface area contributed by atoms with Crippen molar-refractivity contribution in [1.29, 1.82) is 0 Å². The van der Waals surface area contributed by atoms with Crippen LogP contribution in [-0.4, -0.2) is 43.3 Å². The third-order valence-electron chi connectivity index (χ3n) is 3.19. The van der Waals surface area contributed by atoms with Crippen LogP contribution in [0.25, 0.3) is 0 Å². The molecule has 4 nitrogen and oxygen atoms in total. The quantitative estimate of drug-likeness (QED) is 0.714. The highest BCUT2D eigenvalue weighted by Gasteiger charge is 2.22. The Bertz CT molecular complexity index is 221. The van der Waals surface area contributed by atoms with Gasteiger partial charge in [0.25, 0.3) is 0 Å². The third kappa shape index (κ3) is 4.77.